The van der Waals surface area contributed by atoms with Gasteiger partial charge in [-0.1, -0.05) is 17.4 Å². The minimum Gasteiger partial charge on any atom is -0.368 e. The van der Waals surface area contributed by atoms with Gasteiger partial charge in [0.1, 0.15) is 5.82 Å². The lowest BCUT2D eigenvalue weighted by atomic mass is 10.1. The molecule has 3 nitrogen and oxygen atoms in total. The predicted molar refractivity (Wildman–Crippen MR) is 95.4 cm³/mol. The van der Waals surface area contributed by atoms with Gasteiger partial charge in [-0.15, -0.1) is 0 Å². The maximum Gasteiger partial charge on any atom is 0.416 e. The molecule has 3 aromatic rings. The van der Waals surface area contributed by atoms with Crippen molar-refractivity contribution in [3.8, 4) is 0 Å². The molecule has 0 aliphatic carbocycles. The molecule has 1 aliphatic heterocycles. The molecule has 1 aromatic heterocycles. The third kappa shape index (κ3) is 3.33. The van der Waals surface area contributed by atoms with E-state index in [1.807, 2.05) is 4.90 Å². The number of thiazole rings is 1. The molecule has 0 N–H and O–H groups in total. The normalized spacial score (nSPS) is 15.7. The largest absolute Gasteiger partial charge is 0.416 e. The van der Waals surface area contributed by atoms with E-state index in [1.54, 1.807) is 12.1 Å². The predicted octanol–water partition coefficient (Wildman–Crippen LogP) is 4.78. The van der Waals surface area contributed by atoms with Gasteiger partial charge >= 0.3 is 6.18 Å². The van der Waals surface area contributed by atoms with E-state index >= 15 is 0 Å². The third-order valence-corrected chi connectivity index (χ3v) is 5.51. The van der Waals surface area contributed by atoms with E-state index in [1.165, 1.54) is 35.6 Å². The van der Waals surface area contributed by atoms with Crippen molar-refractivity contribution in [3.63, 3.8) is 0 Å². The van der Waals surface area contributed by atoms with E-state index in [0.29, 0.717) is 31.9 Å². The molecule has 2 aromatic carbocycles. The van der Waals surface area contributed by atoms with Crippen LogP contribution in [0.5, 0.6) is 0 Å². The summed E-state index contributed by atoms with van der Waals surface area (Å²) in [7, 11) is 0. The maximum absolute atomic E-state index is 13.3. The lowest BCUT2D eigenvalue weighted by molar-refractivity contribution is -0.137. The van der Waals surface area contributed by atoms with Gasteiger partial charge in [0.2, 0.25) is 0 Å². The first kappa shape index (κ1) is 17.1. The standard InChI is InChI=1S/C18H15F4N3S/c19-13-4-5-15-16(11-13)26-17(23-15)25-8-6-24(7-9-25)14-3-1-2-12(10-14)18(20,21)22/h1-5,10-11H,6-9H2. The fourth-order valence-electron chi connectivity index (χ4n) is 3.06. The van der Waals surface area contributed by atoms with Crippen LogP contribution in [0.25, 0.3) is 10.2 Å². The number of rotatable bonds is 2. The Morgan fingerprint density at radius 2 is 1.65 bits per heavy atom. The summed E-state index contributed by atoms with van der Waals surface area (Å²) in [5, 5.41) is 0.814. The highest BCUT2D eigenvalue weighted by Gasteiger charge is 2.31. The van der Waals surface area contributed by atoms with Crippen molar-refractivity contribution < 1.29 is 17.6 Å². The summed E-state index contributed by atoms with van der Waals surface area (Å²) in [5.74, 6) is -0.290. The van der Waals surface area contributed by atoms with E-state index in [0.717, 1.165) is 21.4 Å². The fourth-order valence-corrected chi connectivity index (χ4v) is 4.10. The Labute approximate surface area is 151 Å². The molecule has 1 aliphatic rings. The van der Waals surface area contributed by atoms with E-state index in [2.05, 4.69) is 9.88 Å². The Hall–Kier alpha value is -2.35. The van der Waals surface area contributed by atoms with E-state index in [9.17, 15) is 17.6 Å². The van der Waals surface area contributed by atoms with Gasteiger partial charge in [-0.05, 0) is 36.4 Å². The summed E-state index contributed by atoms with van der Waals surface area (Å²) in [4.78, 5) is 8.57. The topological polar surface area (TPSA) is 19.4 Å². The molecule has 8 heteroatoms. The van der Waals surface area contributed by atoms with Gasteiger partial charge in [-0.2, -0.15) is 13.2 Å². The summed E-state index contributed by atoms with van der Waals surface area (Å²) < 4.78 is 52.8. The minimum atomic E-state index is -4.34. The lowest BCUT2D eigenvalue weighted by Crippen LogP contribution is -2.46. The third-order valence-electron chi connectivity index (χ3n) is 4.43. The number of hydrogen-bond acceptors (Lipinski definition) is 4. The van der Waals surface area contributed by atoms with Crippen molar-refractivity contribution in [2.75, 3.05) is 36.0 Å². The number of alkyl halides is 3. The Balaban J connectivity index is 1.48. The molecule has 0 radical (unpaired) electrons. The van der Waals surface area contributed by atoms with Crippen LogP contribution in [0, 0.1) is 5.82 Å². The average molecular weight is 381 g/mol. The monoisotopic (exact) mass is 381 g/mol. The van der Waals surface area contributed by atoms with Gasteiger partial charge in [-0.25, -0.2) is 9.37 Å². The molecule has 0 bridgehead atoms. The highest BCUT2D eigenvalue weighted by Crippen LogP contribution is 2.33. The Morgan fingerprint density at radius 1 is 0.923 bits per heavy atom. The molecule has 1 fully saturated rings. The van der Waals surface area contributed by atoms with Crippen LogP contribution in [0.1, 0.15) is 5.56 Å². The summed E-state index contributed by atoms with van der Waals surface area (Å²) in [6.07, 6.45) is -4.34. The molecule has 136 valence electrons. The quantitative estimate of drug-likeness (QED) is 0.596. The number of aromatic nitrogens is 1. The molecule has 0 amide bonds. The van der Waals surface area contributed by atoms with Gasteiger partial charge in [0, 0.05) is 31.9 Å². The Kier molecular flexibility index (Phi) is 4.22. The first-order valence-corrected chi connectivity index (χ1v) is 8.95. The highest BCUT2D eigenvalue weighted by molar-refractivity contribution is 7.22. The zero-order chi connectivity index (χ0) is 18.3. The molecule has 0 atom stereocenters. The van der Waals surface area contributed by atoms with Crippen LogP contribution in [0.2, 0.25) is 0 Å². The molecule has 26 heavy (non-hydrogen) atoms. The number of piperazine rings is 1. The number of halogens is 4. The molecule has 1 saturated heterocycles. The Bertz CT molecular complexity index is 930. The van der Waals surface area contributed by atoms with Crippen molar-refractivity contribution in [3.05, 3.63) is 53.8 Å². The van der Waals surface area contributed by atoms with Crippen LogP contribution >= 0.6 is 11.3 Å². The molecule has 0 saturated carbocycles. The zero-order valence-electron chi connectivity index (χ0n) is 13.6. The van der Waals surface area contributed by atoms with Gasteiger partial charge < -0.3 is 9.80 Å². The molecular formula is C18H15F4N3S. The first-order valence-electron chi connectivity index (χ1n) is 8.13. The second kappa shape index (κ2) is 6.42. The van der Waals surface area contributed by atoms with Crippen molar-refractivity contribution >= 4 is 32.4 Å². The molecule has 4 rings (SSSR count). The summed E-state index contributed by atoms with van der Waals surface area (Å²) in [6.45, 7) is 2.51. The van der Waals surface area contributed by atoms with Gasteiger partial charge in [0.25, 0.3) is 0 Å². The van der Waals surface area contributed by atoms with Crippen molar-refractivity contribution in [1.82, 2.24) is 4.98 Å². The van der Waals surface area contributed by atoms with Crippen molar-refractivity contribution in [1.29, 1.82) is 0 Å². The van der Waals surface area contributed by atoms with Gasteiger partial charge in [0.05, 0.1) is 15.8 Å². The fraction of sp³-hybridized carbons (Fsp3) is 0.278. The van der Waals surface area contributed by atoms with Crippen LogP contribution in [-0.2, 0) is 6.18 Å². The number of hydrogen-bond donors (Lipinski definition) is 0. The maximum atomic E-state index is 13.3. The van der Waals surface area contributed by atoms with Gasteiger partial charge in [-0.3, -0.25) is 0 Å². The Morgan fingerprint density at radius 3 is 2.38 bits per heavy atom. The molecule has 0 spiro atoms. The number of fused-ring (bicyclic) bond motifs is 1. The zero-order valence-corrected chi connectivity index (χ0v) is 14.4. The smallest absolute Gasteiger partial charge is 0.368 e. The van der Waals surface area contributed by atoms with E-state index in [4.69, 9.17) is 0 Å². The summed E-state index contributed by atoms with van der Waals surface area (Å²) >= 11 is 1.43. The summed E-state index contributed by atoms with van der Waals surface area (Å²) in [6, 6.07) is 9.92. The molecule has 0 unspecified atom stereocenters. The summed E-state index contributed by atoms with van der Waals surface area (Å²) in [5.41, 5.74) is 0.697. The van der Waals surface area contributed by atoms with Crippen LogP contribution in [0.4, 0.5) is 28.4 Å². The second-order valence-corrected chi connectivity index (χ2v) is 7.14. The van der Waals surface area contributed by atoms with Crippen LogP contribution in [0.15, 0.2) is 42.5 Å². The van der Waals surface area contributed by atoms with Gasteiger partial charge in [0.15, 0.2) is 5.13 Å². The minimum absolute atomic E-state index is 0.290. The van der Waals surface area contributed by atoms with Crippen molar-refractivity contribution in [2.24, 2.45) is 0 Å². The van der Waals surface area contributed by atoms with Crippen LogP contribution < -0.4 is 9.80 Å². The van der Waals surface area contributed by atoms with Crippen molar-refractivity contribution in [2.45, 2.75) is 6.18 Å². The molecule has 2 heterocycles. The molecular weight excluding hydrogens is 366 g/mol. The van der Waals surface area contributed by atoms with E-state index in [-0.39, 0.29) is 5.82 Å². The van der Waals surface area contributed by atoms with E-state index < -0.39 is 11.7 Å². The number of benzene rings is 2. The van der Waals surface area contributed by atoms with Crippen LogP contribution in [0.3, 0.4) is 0 Å². The first-order chi connectivity index (χ1) is 12.4. The highest BCUT2D eigenvalue weighted by atomic mass is 32.1. The number of anilines is 2. The number of nitrogens with zero attached hydrogens (tertiary/aromatic N) is 3. The lowest BCUT2D eigenvalue weighted by Gasteiger charge is -2.36. The SMILES string of the molecule is Fc1ccc2nc(N3CCN(c4cccc(C(F)(F)F)c4)CC3)sc2c1. The second-order valence-electron chi connectivity index (χ2n) is 6.13. The average Bonchev–Trinajstić information content (AvgIpc) is 3.04. The van der Waals surface area contributed by atoms with Crippen LogP contribution in [-0.4, -0.2) is 31.2 Å².